The van der Waals surface area contributed by atoms with Crippen molar-refractivity contribution >= 4 is 5.91 Å². The maximum absolute atomic E-state index is 11.4. The van der Waals surface area contributed by atoms with Crippen molar-refractivity contribution in [1.82, 2.24) is 10.6 Å². The maximum Gasteiger partial charge on any atom is 0.222 e. The largest absolute Gasteiger partial charge is 0.380 e. The Morgan fingerprint density at radius 2 is 2.53 bits per heavy atom. The van der Waals surface area contributed by atoms with Crippen LogP contribution in [0.3, 0.4) is 0 Å². The van der Waals surface area contributed by atoms with Crippen molar-refractivity contribution in [3.63, 3.8) is 0 Å². The van der Waals surface area contributed by atoms with E-state index in [-0.39, 0.29) is 12.0 Å². The monoisotopic (exact) mass is 216 g/mol. The van der Waals surface area contributed by atoms with Gasteiger partial charge in [-0.15, -0.1) is 0 Å². The fourth-order valence-electron chi connectivity index (χ4n) is 1.44. The summed E-state index contributed by atoms with van der Waals surface area (Å²) in [6.07, 6.45) is 0.449. The molecular weight excluding hydrogens is 196 g/mol. The van der Waals surface area contributed by atoms with E-state index in [0.717, 1.165) is 13.1 Å². The van der Waals surface area contributed by atoms with Gasteiger partial charge in [0.1, 0.15) is 0 Å². The first-order chi connectivity index (χ1) is 7.33. The van der Waals surface area contributed by atoms with E-state index in [0.29, 0.717) is 32.8 Å². The van der Waals surface area contributed by atoms with Gasteiger partial charge in [-0.2, -0.15) is 0 Å². The third-order valence-corrected chi connectivity index (χ3v) is 2.19. The minimum atomic E-state index is 0.0193. The lowest BCUT2D eigenvalue weighted by molar-refractivity contribution is -0.124. The smallest absolute Gasteiger partial charge is 0.222 e. The van der Waals surface area contributed by atoms with Crippen molar-refractivity contribution in [2.45, 2.75) is 19.4 Å². The summed E-state index contributed by atoms with van der Waals surface area (Å²) < 4.78 is 10.5. The maximum atomic E-state index is 11.4. The van der Waals surface area contributed by atoms with E-state index < -0.39 is 0 Å². The fourth-order valence-corrected chi connectivity index (χ4v) is 1.44. The van der Waals surface area contributed by atoms with E-state index >= 15 is 0 Å². The molecule has 0 aromatic rings. The number of nitrogens with one attached hydrogen (secondary N) is 2. The molecule has 1 saturated heterocycles. The van der Waals surface area contributed by atoms with Crippen LogP contribution >= 0.6 is 0 Å². The van der Waals surface area contributed by atoms with E-state index in [4.69, 9.17) is 9.47 Å². The SMILES string of the molecule is CCOCCNC(=O)CC1CNCCO1. The summed E-state index contributed by atoms with van der Waals surface area (Å²) >= 11 is 0. The highest BCUT2D eigenvalue weighted by Crippen LogP contribution is 2.00. The molecule has 15 heavy (non-hydrogen) atoms. The lowest BCUT2D eigenvalue weighted by Crippen LogP contribution is -2.41. The summed E-state index contributed by atoms with van der Waals surface area (Å²) in [6.45, 7) is 6.10. The minimum absolute atomic E-state index is 0.0193. The summed E-state index contributed by atoms with van der Waals surface area (Å²) in [5.41, 5.74) is 0. The Hall–Kier alpha value is -0.650. The number of hydrogen-bond acceptors (Lipinski definition) is 4. The second-order valence-electron chi connectivity index (χ2n) is 3.45. The fraction of sp³-hybridized carbons (Fsp3) is 0.900. The summed E-state index contributed by atoms with van der Waals surface area (Å²) in [7, 11) is 0. The molecule has 88 valence electrons. The van der Waals surface area contributed by atoms with Gasteiger partial charge in [-0.05, 0) is 6.92 Å². The molecule has 1 unspecified atom stereocenters. The van der Waals surface area contributed by atoms with Crippen LogP contribution in [-0.2, 0) is 14.3 Å². The second kappa shape index (κ2) is 7.62. The molecule has 0 aliphatic carbocycles. The zero-order valence-electron chi connectivity index (χ0n) is 9.25. The van der Waals surface area contributed by atoms with Crippen molar-refractivity contribution in [3.05, 3.63) is 0 Å². The quantitative estimate of drug-likeness (QED) is 0.589. The van der Waals surface area contributed by atoms with Gasteiger partial charge in [0.15, 0.2) is 0 Å². The van der Waals surface area contributed by atoms with Gasteiger partial charge < -0.3 is 20.1 Å². The average Bonchev–Trinajstić information content (AvgIpc) is 2.26. The molecule has 0 aromatic carbocycles. The lowest BCUT2D eigenvalue weighted by Gasteiger charge is -2.22. The van der Waals surface area contributed by atoms with Gasteiger partial charge in [-0.3, -0.25) is 4.79 Å². The van der Waals surface area contributed by atoms with Crippen LogP contribution in [0.15, 0.2) is 0 Å². The number of ether oxygens (including phenoxy) is 2. The van der Waals surface area contributed by atoms with Crippen LogP contribution in [0.5, 0.6) is 0 Å². The topological polar surface area (TPSA) is 59.6 Å². The standard InChI is InChI=1S/C10H20N2O3/c1-2-14-5-4-12-10(13)7-9-8-11-3-6-15-9/h9,11H,2-8H2,1H3,(H,12,13). The Labute approximate surface area is 90.5 Å². The van der Waals surface area contributed by atoms with Crippen molar-refractivity contribution in [2.75, 3.05) is 39.5 Å². The summed E-state index contributed by atoms with van der Waals surface area (Å²) in [5, 5.41) is 5.98. The van der Waals surface area contributed by atoms with Crippen molar-refractivity contribution in [3.8, 4) is 0 Å². The van der Waals surface area contributed by atoms with Crippen LogP contribution < -0.4 is 10.6 Å². The Balaban J connectivity index is 2.01. The molecular formula is C10H20N2O3. The molecule has 0 saturated carbocycles. The molecule has 1 fully saturated rings. The normalized spacial score (nSPS) is 21.3. The minimum Gasteiger partial charge on any atom is -0.380 e. The Morgan fingerprint density at radius 3 is 3.20 bits per heavy atom. The van der Waals surface area contributed by atoms with E-state index in [2.05, 4.69) is 10.6 Å². The van der Waals surface area contributed by atoms with Gasteiger partial charge >= 0.3 is 0 Å². The van der Waals surface area contributed by atoms with Crippen molar-refractivity contribution in [2.24, 2.45) is 0 Å². The predicted octanol–water partition coefficient (Wildman–Crippen LogP) is -0.482. The van der Waals surface area contributed by atoms with Crippen LogP contribution in [0.2, 0.25) is 0 Å². The Kier molecular flexibility index (Phi) is 6.31. The first-order valence-corrected chi connectivity index (χ1v) is 5.49. The third kappa shape index (κ3) is 5.71. The van der Waals surface area contributed by atoms with Crippen LogP contribution in [0, 0.1) is 0 Å². The zero-order valence-corrected chi connectivity index (χ0v) is 9.25. The first kappa shape index (κ1) is 12.4. The van der Waals surface area contributed by atoms with Crippen LogP contribution in [0.4, 0.5) is 0 Å². The predicted molar refractivity (Wildman–Crippen MR) is 56.7 cm³/mol. The van der Waals surface area contributed by atoms with E-state index in [9.17, 15) is 4.79 Å². The highest BCUT2D eigenvalue weighted by molar-refractivity contribution is 5.76. The first-order valence-electron chi connectivity index (χ1n) is 5.49. The number of morpholine rings is 1. The third-order valence-electron chi connectivity index (χ3n) is 2.19. The highest BCUT2D eigenvalue weighted by atomic mass is 16.5. The molecule has 1 amide bonds. The summed E-state index contributed by atoms with van der Waals surface area (Å²) in [6, 6.07) is 0. The van der Waals surface area contributed by atoms with E-state index in [1.807, 2.05) is 6.92 Å². The number of hydrogen-bond donors (Lipinski definition) is 2. The molecule has 1 rings (SSSR count). The van der Waals surface area contributed by atoms with Crippen molar-refractivity contribution < 1.29 is 14.3 Å². The lowest BCUT2D eigenvalue weighted by atomic mass is 10.2. The summed E-state index contributed by atoms with van der Waals surface area (Å²) in [5.74, 6) is 0.0309. The Morgan fingerprint density at radius 1 is 1.67 bits per heavy atom. The zero-order chi connectivity index (χ0) is 10.9. The van der Waals surface area contributed by atoms with Gasteiger partial charge in [0.05, 0.1) is 25.7 Å². The molecule has 0 aromatic heterocycles. The number of carbonyl (C=O) groups is 1. The van der Waals surface area contributed by atoms with Gasteiger partial charge in [-0.25, -0.2) is 0 Å². The molecule has 2 N–H and O–H groups in total. The van der Waals surface area contributed by atoms with Crippen LogP contribution in [0.1, 0.15) is 13.3 Å². The number of carbonyl (C=O) groups excluding carboxylic acids is 1. The highest BCUT2D eigenvalue weighted by Gasteiger charge is 2.16. The van der Waals surface area contributed by atoms with Crippen LogP contribution in [0.25, 0.3) is 0 Å². The molecule has 1 aliphatic heterocycles. The second-order valence-corrected chi connectivity index (χ2v) is 3.45. The molecule has 1 heterocycles. The van der Waals surface area contributed by atoms with Crippen LogP contribution in [-0.4, -0.2) is 51.5 Å². The van der Waals surface area contributed by atoms with E-state index in [1.165, 1.54) is 0 Å². The molecule has 0 spiro atoms. The van der Waals surface area contributed by atoms with E-state index in [1.54, 1.807) is 0 Å². The van der Waals surface area contributed by atoms with Crippen molar-refractivity contribution in [1.29, 1.82) is 0 Å². The van der Waals surface area contributed by atoms with Gasteiger partial charge in [0.2, 0.25) is 5.91 Å². The molecule has 1 aliphatic rings. The summed E-state index contributed by atoms with van der Waals surface area (Å²) in [4.78, 5) is 11.4. The molecule has 1 atom stereocenters. The van der Waals surface area contributed by atoms with Gasteiger partial charge in [-0.1, -0.05) is 0 Å². The molecule has 5 heteroatoms. The molecule has 0 bridgehead atoms. The van der Waals surface area contributed by atoms with Gasteiger partial charge in [0.25, 0.3) is 0 Å². The molecule has 0 radical (unpaired) electrons. The number of rotatable bonds is 6. The van der Waals surface area contributed by atoms with Gasteiger partial charge in [0, 0.05) is 26.2 Å². The number of amides is 1. The average molecular weight is 216 g/mol. The Bertz CT molecular complexity index is 182. The molecule has 5 nitrogen and oxygen atoms in total.